The third-order valence-corrected chi connectivity index (χ3v) is 4.03. The zero-order valence-electron chi connectivity index (χ0n) is 14.8. The smallest absolute Gasteiger partial charge is 0.392 e. The van der Waals surface area contributed by atoms with E-state index >= 15 is 0 Å². The van der Waals surface area contributed by atoms with Gasteiger partial charge in [-0.25, -0.2) is 17.6 Å². The van der Waals surface area contributed by atoms with Crippen molar-refractivity contribution in [1.29, 1.82) is 0 Å². The fraction of sp³-hybridized carbons (Fsp3) is 0.846. The molecule has 0 heterocycles. The van der Waals surface area contributed by atoms with Crippen LogP contribution in [0.4, 0.5) is 74.6 Å². The number of carbonyl (C=O) groups is 2. The van der Waals surface area contributed by atoms with Gasteiger partial charge in [-0.05, 0) is 0 Å². The molecule has 0 saturated heterocycles. The second kappa shape index (κ2) is 8.40. The summed E-state index contributed by atoms with van der Waals surface area (Å²) in [6, 6.07) is 0. The molecule has 20 heteroatoms. The summed E-state index contributed by atoms with van der Waals surface area (Å²) in [6.07, 6.45) is -29.5. The highest BCUT2D eigenvalue weighted by Gasteiger charge is 2.79. The Balaban J connectivity index is 6.45. The zero-order chi connectivity index (χ0) is 27.3. The Morgan fingerprint density at radius 3 is 1.21 bits per heavy atom. The average Bonchev–Trinajstić information content (AvgIpc) is 2.56. The monoisotopic (exact) mass is 534 g/mol. The van der Waals surface area contributed by atoms with Crippen LogP contribution in [0, 0.1) is 0 Å². The van der Waals surface area contributed by atoms with Gasteiger partial charge in [0.25, 0.3) is 17.3 Å². The number of aliphatic hydroxyl groups is 1. The zero-order valence-corrected chi connectivity index (χ0v) is 14.8. The Labute approximate surface area is 169 Å². The van der Waals surface area contributed by atoms with Gasteiger partial charge in [-0.15, -0.1) is 0 Å². The fourth-order valence-electron chi connectivity index (χ4n) is 1.94. The van der Waals surface area contributed by atoms with Crippen LogP contribution in [0.15, 0.2) is 0 Å². The summed E-state index contributed by atoms with van der Waals surface area (Å²) in [7, 11) is 0. The van der Waals surface area contributed by atoms with Crippen molar-refractivity contribution < 1.29 is 89.3 Å². The van der Waals surface area contributed by atoms with Crippen molar-refractivity contribution in [3.63, 3.8) is 0 Å². The summed E-state index contributed by atoms with van der Waals surface area (Å²) in [5.74, 6) is -29.8. The molecule has 0 unspecified atom stereocenters. The van der Waals surface area contributed by atoms with Gasteiger partial charge in [0.2, 0.25) is 5.78 Å². The average molecular weight is 534 g/mol. The van der Waals surface area contributed by atoms with Crippen molar-refractivity contribution in [3.8, 4) is 0 Å². The van der Waals surface area contributed by atoms with Gasteiger partial charge in [0.05, 0.1) is 19.4 Å². The number of halogens is 17. The number of ketones is 2. The van der Waals surface area contributed by atoms with Crippen LogP contribution in [0.5, 0.6) is 0 Å². The summed E-state index contributed by atoms with van der Waals surface area (Å²) in [4.78, 5) is 22.1. The van der Waals surface area contributed by atoms with Gasteiger partial charge in [0.1, 0.15) is 0 Å². The molecule has 0 saturated carbocycles. The first kappa shape index (κ1) is 31.1. The molecule has 3 nitrogen and oxygen atoms in total. The van der Waals surface area contributed by atoms with E-state index in [2.05, 4.69) is 0 Å². The number of rotatable bonds is 9. The lowest BCUT2D eigenvalue weighted by molar-refractivity contribution is -0.346. The van der Waals surface area contributed by atoms with Crippen molar-refractivity contribution in [3.05, 3.63) is 0 Å². The number of aliphatic hydroxyl groups excluding tert-OH is 1. The van der Waals surface area contributed by atoms with Gasteiger partial charge in [-0.1, -0.05) is 0 Å². The Hall–Kier alpha value is -1.89. The van der Waals surface area contributed by atoms with Crippen LogP contribution in [0.25, 0.3) is 0 Å². The second-order valence-corrected chi connectivity index (χ2v) is 6.31. The van der Waals surface area contributed by atoms with Crippen LogP contribution in [0.1, 0.15) is 12.8 Å². The van der Waals surface area contributed by atoms with Crippen molar-refractivity contribution in [1.82, 2.24) is 0 Å². The lowest BCUT2D eigenvalue weighted by atomic mass is 9.83. The van der Waals surface area contributed by atoms with Gasteiger partial charge in [0, 0.05) is 0 Å². The molecule has 2 atom stereocenters. The van der Waals surface area contributed by atoms with Crippen LogP contribution >= 0.6 is 0 Å². The number of Topliss-reactive ketones (excluding diaryl/α,β-unsaturated/α-hetero) is 2. The molecule has 0 aromatic rings. The van der Waals surface area contributed by atoms with Crippen molar-refractivity contribution in [2.24, 2.45) is 0 Å². The highest BCUT2D eigenvalue weighted by molar-refractivity contribution is 5.90. The quantitative estimate of drug-likeness (QED) is 0.429. The Morgan fingerprint density at radius 2 is 0.939 bits per heavy atom. The van der Waals surface area contributed by atoms with Crippen molar-refractivity contribution in [2.75, 3.05) is 6.61 Å². The third-order valence-electron chi connectivity index (χ3n) is 4.03. The van der Waals surface area contributed by atoms with Crippen molar-refractivity contribution >= 4 is 11.6 Å². The maximum absolute atomic E-state index is 14.1. The van der Waals surface area contributed by atoms with E-state index < -0.39 is 78.6 Å². The SMILES string of the molecule is O=C(C[C@](F)(C(F)(F)F)C(F)(F)CC(=O)[C@@](F)(CO)C(F)(F)F)C(F)(F)C(F)(F)C(F)(F)F. The topological polar surface area (TPSA) is 54.4 Å². The normalized spacial score (nSPS) is 18.5. The van der Waals surface area contributed by atoms with Crippen LogP contribution < -0.4 is 0 Å². The molecule has 0 aliphatic heterocycles. The predicted octanol–water partition coefficient (Wildman–Crippen LogP) is 4.91. The first-order chi connectivity index (χ1) is 14.1. The summed E-state index contributed by atoms with van der Waals surface area (Å²) >= 11 is 0. The highest BCUT2D eigenvalue weighted by Crippen LogP contribution is 2.54. The molecule has 0 rings (SSSR count). The van der Waals surface area contributed by atoms with Crippen LogP contribution in [-0.4, -0.2) is 70.9 Å². The molecule has 0 aliphatic carbocycles. The Bertz CT molecular complexity index is 749. The van der Waals surface area contributed by atoms with E-state index in [-0.39, 0.29) is 0 Å². The molecule has 0 aromatic heterocycles. The lowest BCUT2D eigenvalue weighted by Gasteiger charge is -2.37. The van der Waals surface area contributed by atoms with Crippen LogP contribution in [-0.2, 0) is 9.59 Å². The summed E-state index contributed by atoms with van der Waals surface area (Å²) < 4.78 is 219. The minimum absolute atomic E-state index is 3.05. The van der Waals surface area contributed by atoms with E-state index in [1.54, 1.807) is 0 Å². The first-order valence-corrected chi connectivity index (χ1v) is 7.45. The van der Waals surface area contributed by atoms with E-state index in [1.807, 2.05) is 0 Å². The minimum Gasteiger partial charge on any atom is -0.392 e. The molecule has 0 amide bonds. The minimum atomic E-state index is -7.53. The number of alkyl halides is 17. The summed E-state index contributed by atoms with van der Waals surface area (Å²) in [5.41, 5.74) is -12.7. The molecule has 0 radical (unpaired) electrons. The third kappa shape index (κ3) is 5.13. The van der Waals surface area contributed by atoms with Gasteiger partial charge >= 0.3 is 30.4 Å². The van der Waals surface area contributed by atoms with Crippen LogP contribution in [0.3, 0.4) is 0 Å². The lowest BCUT2D eigenvalue weighted by Crippen LogP contribution is -2.63. The standard InChI is InChI=1S/C13H7F17O3/c14-6(3-31,11(22,23)24)4(32)2-8(16,17)7(15,12(25,26)27)1-5(33)9(18,19)10(20,21)13(28,29)30/h31H,1-3H2/t6-,7+/m0/s1. The first-order valence-electron chi connectivity index (χ1n) is 7.45. The highest BCUT2D eigenvalue weighted by atomic mass is 19.4. The molecule has 33 heavy (non-hydrogen) atoms. The molecular weight excluding hydrogens is 527 g/mol. The van der Waals surface area contributed by atoms with E-state index in [0.29, 0.717) is 0 Å². The second-order valence-electron chi connectivity index (χ2n) is 6.31. The Kier molecular flexibility index (Phi) is 7.92. The molecule has 1 N–H and O–H groups in total. The number of hydrogen-bond donors (Lipinski definition) is 1. The van der Waals surface area contributed by atoms with Crippen LogP contribution in [0.2, 0.25) is 0 Å². The molecule has 0 bridgehead atoms. The van der Waals surface area contributed by atoms with Crippen molar-refractivity contribution in [2.45, 2.75) is 60.5 Å². The molecule has 0 aliphatic rings. The van der Waals surface area contributed by atoms with E-state index in [4.69, 9.17) is 5.11 Å². The maximum atomic E-state index is 14.1. The van der Waals surface area contributed by atoms with Gasteiger partial charge in [0.15, 0.2) is 5.78 Å². The van der Waals surface area contributed by atoms with E-state index in [9.17, 15) is 84.2 Å². The summed E-state index contributed by atoms with van der Waals surface area (Å²) in [5, 5.41) is 8.25. The Morgan fingerprint density at radius 1 is 0.545 bits per heavy atom. The molecule has 0 fully saturated rings. The largest absolute Gasteiger partial charge is 0.460 e. The van der Waals surface area contributed by atoms with E-state index in [0.717, 1.165) is 0 Å². The fourth-order valence-corrected chi connectivity index (χ4v) is 1.94. The molecule has 0 spiro atoms. The number of carbonyl (C=O) groups excluding carboxylic acids is 2. The molecular formula is C13H7F17O3. The number of hydrogen-bond acceptors (Lipinski definition) is 3. The molecule has 196 valence electrons. The molecule has 0 aromatic carbocycles. The summed E-state index contributed by atoms with van der Waals surface area (Å²) in [6.45, 7) is -3.05. The van der Waals surface area contributed by atoms with Gasteiger partial charge in [-0.2, -0.15) is 57.1 Å². The predicted molar refractivity (Wildman–Crippen MR) is 67.0 cm³/mol. The van der Waals surface area contributed by atoms with E-state index in [1.165, 1.54) is 0 Å². The van der Waals surface area contributed by atoms with Gasteiger partial charge in [-0.3, -0.25) is 9.59 Å². The maximum Gasteiger partial charge on any atom is 0.460 e. The van der Waals surface area contributed by atoms with Gasteiger partial charge < -0.3 is 5.11 Å².